The van der Waals surface area contributed by atoms with Crippen LogP contribution in [0.1, 0.15) is 23.4 Å². The minimum Gasteiger partial charge on any atom is -0.341 e. The number of carbonyl (C=O) groups excluding carboxylic acids is 1. The highest BCUT2D eigenvalue weighted by molar-refractivity contribution is 5.85. The fraction of sp³-hybridized carbons (Fsp3) is 0.348. The van der Waals surface area contributed by atoms with Crippen molar-refractivity contribution in [2.45, 2.75) is 26.3 Å². The van der Waals surface area contributed by atoms with E-state index in [0.29, 0.717) is 24.7 Å². The van der Waals surface area contributed by atoms with Crippen molar-refractivity contribution in [3.63, 3.8) is 0 Å². The molecule has 2 aromatic carbocycles. The van der Waals surface area contributed by atoms with Gasteiger partial charge < -0.3 is 9.42 Å². The number of rotatable bonds is 5. The highest BCUT2D eigenvalue weighted by atomic mass is 35.5. The second-order valence-electron chi connectivity index (χ2n) is 7.50. The first-order valence-corrected chi connectivity index (χ1v) is 10.1. The smallest absolute Gasteiger partial charge is 0.257 e. The van der Waals surface area contributed by atoms with E-state index in [1.807, 2.05) is 53.4 Å². The molecule has 1 aromatic heterocycles. The van der Waals surface area contributed by atoms with Crippen LogP contribution < -0.4 is 0 Å². The number of aryl methyl sites for hydroxylation is 1. The van der Waals surface area contributed by atoms with Gasteiger partial charge in [-0.3, -0.25) is 9.69 Å². The van der Waals surface area contributed by atoms with Crippen molar-refractivity contribution in [2.75, 3.05) is 26.2 Å². The van der Waals surface area contributed by atoms with Gasteiger partial charge in [-0.15, -0.1) is 12.4 Å². The van der Waals surface area contributed by atoms with Crippen molar-refractivity contribution in [1.82, 2.24) is 19.9 Å². The molecule has 1 saturated heterocycles. The minimum absolute atomic E-state index is 0. The maximum absolute atomic E-state index is 12.8. The van der Waals surface area contributed by atoms with Crippen LogP contribution >= 0.6 is 12.4 Å². The number of nitrogens with zero attached hydrogens (tertiary/aromatic N) is 4. The number of halogens is 1. The quantitative estimate of drug-likeness (QED) is 0.621. The minimum atomic E-state index is 0. The van der Waals surface area contributed by atoms with Crippen LogP contribution in [-0.4, -0.2) is 52.0 Å². The van der Waals surface area contributed by atoms with Crippen LogP contribution in [0, 0.1) is 6.92 Å². The topological polar surface area (TPSA) is 62.5 Å². The van der Waals surface area contributed by atoms with Crippen molar-refractivity contribution < 1.29 is 9.32 Å². The summed E-state index contributed by atoms with van der Waals surface area (Å²) in [6.07, 6.45) is 1.42. The first-order valence-electron chi connectivity index (χ1n) is 10.1. The van der Waals surface area contributed by atoms with Gasteiger partial charge in [0.1, 0.15) is 0 Å². The van der Waals surface area contributed by atoms with Gasteiger partial charge in [-0.1, -0.05) is 47.6 Å². The molecule has 0 atom stereocenters. The third-order valence-corrected chi connectivity index (χ3v) is 5.40. The van der Waals surface area contributed by atoms with Crippen LogP contribution in [0.2, 0.25) is 0 Å². The lowest BCUT2D eigenvalue weighted by molar-refractivity contribution is -0.130. The zero-order valence-electron chi connectivity index (χ0n) is 17.2. The van der Waals surface area contributed by atoms with E-state index in [1.54, 1.807) is 0 Å². The van der Waals surface area contributed by atoms with Gasteiger partial charge in [0, 0.05) is 31.7 Å². The van der Waals surface area contributed by atoms with Crippen LogP contribution in [0.25, 0.3) is 11.5 Å². The molecule has 1 amide bonds. The van der Waals surface area contributed by atoms with Gasteiger partial charge in [-0.2, -0.15) is 4.98 Å². The molecule has 0 unspecified atom stereocenters. The number of hydrogen-bond donors (Lipinski definition) is 0. The molecule has 7 heteroatoms. The summed E-state index contributed by atoms with van der Waals surface area (Å²) < 4.78 is 5.41. The van der Waals surface area contributed by atoms with Gasteiger partial charge in [0.15, 0.2) is 5.82 Å². The third kappa shape index (κ3) is 5.46. The summed E-state index contributed by atoms with van der Waals surface area (Å²) >= 11 is 0. The fourth-order valence-electron chi connectivity index (χ4n) is 3.68. The fourth-order valence-corrected chi connectivity index (χ4v) is 3.68. The molecular weight excluding hydrogens is 400 g/mol. The van der Waals surface area contributed by atoms with E-state index >= 15 is 0 Å². The summed E-state index contributed by atoms with van der Waals surface area (Å²) in [5, 5.41) is 4.13. The summed E-state index contributed by atoms with van der Waals surface area (Å²) in [5.41, 5.74) is 3.21. The Kier molecular flexibility index (Phi) is 7.60. The first kappa shape index (κ1) is 22.0. The Hall–Kier alpha value is -2.70. The van der Waals surface area contributed by atoms with Crippen LogP contribution in [0.15, 0.2) is 59.1 Å². The van der Waals surface area contributed by atoms with E-state index in [4.69, 9.17) is 4.52 Å². The van der Waals surface area contributed by atoms with Gasteiger partial charge in [0.2, 0.25) is 5.91 Å². The lowest BCUT2D eigenvalue weighted by atomic mass is 10.1. The van der Waals surface area contributed by atoms with E-state index in [9.17, 15) is 4.79 Å². The molecule has 1 aliphatic rings. The van der Waals surface area contributed by atoms with Crippen molar-refractivity contribution in [1.29, 1.82) is 0 Å². The molecule has 30 heavy (non-hydrogen) atoms. The highest BCUT2D eigenvalue weighted by Gasteiger charge is 2.21. The Bertz CT molecular complexity index is 961. The van der Waals surface area contributed by atoms with Gasteiger partial charge in [0.05, 0.1) is 13.0 Å². The summed E-state index contributed by atoms with van der Waals surface area (Å²) in [4.78, 5) is 21.6. The van der Waals surface area contributed by atoms with Crippen LogP contribution in [0.4, 0.5) is 0 Å². The summed E-state index contributed by atoms with van der Waals surface area (Å²) in [6.45, 7) is 5.95. The van der Waals surface area contributed by atoms with E-state index in [0.717, 1.165) is 43.7 Å². The van der Waals surface area contributed by atoms with Crippen molar-refractivity contribution in [3.8, 4) is 11.5 Å². The molecule has 6 nitrogen and oxygen atoms in total. The lowest BCUT2D eigenvalue weighted by Crippen LogP contribution is -2.36. The number of benzene rings is 2. The maximum atomic E-state index is 12.8. The average molecular weight is 427 g/mol. The predicted molar refractivity (Wildman–Crippen MR) is 118 cm³/mol. The predicted octanol–water partition coefficient (Wildman–Crippen LogP) is 3.74. The van der Waals surface area contributed by atoms with Crippen molar-refractivity contribution >= 4 is 18.3 Å². The molecule has 1 aliphatic heterocycles. The largest absolute Gasteiger partial charge is 0.341 e. The molecule has 0 N–H and O–H groups in total. The molecule has 0 spiro atoms. The van der Waals surface area contributed by atoms with Gasteiger partial charge >= 0.3 is 0 Å². The first-order chi connectivity index (χ1) is 14.2. The Morgan fingerprint density at radius 3 is 2.57 bits per heavy atom. The second-order valence-corrected chi connectivity index (χ2v) is 7.50. The van der Waals surface area contributed by atoms with Crippen molar-refractivity contribution in [2.24, 2.45) is 0 Å². The molecule has 4 rings (SSSR count). The van der Waals surface area contributed by atoms with Gasteiger partial charge in [0.25, 0.3) is 5.89 Å². The van der Waals surface area contributed by atoms with Gasteiger partial charge in [-0.05, 0) is 36.6 Å². The van der Waals surface area contributed by atoms with Crippen molar-refractivity contribution in [3.05, 3.63) is 71.5 Å². The van der Waals surface area contributed by atoms with E-state index in [1.165, 1.54) is 5.56 Å². The molecule has 2 heterocycles. The summed E-state index contributed by atoms with van der Waals surface area (Å²) in [5.74, 6) is 1.43. The van der Waals surface area contributed by atoms with Crippen LogP contribution in [-0.2, 0) is 17.8 Å². The summed E-state index contributed by atoms with van der Waals surface area (Å²) in [6, 6.07) is 17.9. The maximum Gasteiger partial charge on any atom is 0.257 e. The lowest BCUT2D eigenvalue weighted by Gasteiger charge is -2.21. The molecular formula is C23H27ClN4O2. The van der Waals surface area contributed by atoms with E-state index < -0.39 is 0 Å². The Morgan fingerprint density at radius 2 is 1.77 bits per heavy atom. The zero-order chi connectivity index (χ0) is 20.1. The summed E-state index contributed by atoms with van der Waals surface area (Å²) in [7, 11) is 0. The standard InChI is InChI=1S/C23H26N4O2.ClH/c1-18-8-5-6-11-20(18)16-22(28)27-13-7-12-26(14-15-27)17-21-24-23(29-25-21)19-9-3-2-4-10-19;/h2-6,8-11H,7,12-17H2,1H3;1H. The molecule has 0 aliphatic carbocycles. The number of carbonyl (C=O) groups is 1. The Morgan fingerprint density at radius 1 is 1.00 bits per heavy atom. The monoisotopic (exact) mass is 426 g/mol. The molecule has 0 radical (unpaired) electrons. The van der Waals surface area contributed by atoms with Gasteiger partial charge in [-0.25, -0.2) is 0 Å². The van der Waals surface area contributed by atoms with Crippen LogP contribution in [0.3, 0.4) is 0 Å². The third-order valence-electron chi connectivity index (χ3n) is 5.40. The number of amides is 1. The number of hydrogen-bond acceptors (Lipinski definition) is 5. The Balaban J connectivity index is 0.00000256. The Labute approximate surface area is 183 Å². The molecule has 0 bridgehead atoms. The zero-order valence-corrected chi connectivity index (χ0v) is 18.0. The average Bonchev–Trinajstić information content (AvgIpc) is 3.08. The molecule has 1 fully saturated rings. The second kappa shape index (κ2) is 10.4. The molecule has 158 valence electrons. The molecule has 0 saturated carbocycles. The highest BCUT2D eigenvalue weighted by Crippen LogP contribution is 2.17. The van der Waals surface area contributed by atoms with Crippen LogP contribution in [0.5, 0.6) is 0 Å². The molecule has 3 aromatic rings. The normalized spacial score (nSPS) is 14.8. The van der Waals surface area contributed by atoms with E-state index in [-0.39, 0.29) is 18.3 Å². The SMILES string of the molecule is Cc1ccccc1CC(=O)N1CCCN(Cc2noc(-c3ccccc3)n2)CC1.Cl. The number of aromatic nitrogens is 2. The van der Waals surface area contributed by atoms with E-state index in [2.05, 4.69) is 28.0 Å².